The normalized spacial score (nSPS) is 10.6. The van der Waals surface area contributed by atoms with Crippen LogP contribution in [-0.4, -0.2) is 14.8 Å². The van der Waals surface area contributed by atoms with Crippen molar-refractivity contribution in [3.05, 3.63) is 39.9 Å². The number of aromatic nitrogens is 3. The fourth-order valence-electron chi connectivity index (χ4n) is 1.80. The van der Waals surface area contributed by atoms with Gasteiger partial charge in [0.2, 0.25) is 0 Å². The summed E-state index contributed by atoms with van der Waals surface area (Å²) >= 11 is 5.22. The fraction of sp³-hybridized carbons (Fsp3) is 0.273. The third kappa shape index (κ3) is 1.61. The van der Waals surface area contributed by atoms with Crippen LogP contribution in [0.3, 0.4) is 0 Å². The molecule has 1 heterocycles. The highest BCUT2D eigenvalue weighted by atomic mass is 32.1. The highest BCUT2D eigenvalue weighted by Crippen LogP contribution is 2.19. The lowest BCUT2D eigenvalue weighted by molar-refractivity contribution is 0.944. The first-order valence-electron chi connectivity index (χ1n) is 4.82. The summed E-state index contributed by atoms with van der Waals surface area (Å²) in [6, 6.07) is 6.21. The summed E-state index contributed by atoms with van der Waals surface area (Å²) in [5, 5.41) is 6.93. The van der Waals surface area contributed by atoms with Crippen LogP contribution in [0.15, 0.2) is 18.2 Å². The molecule has 0 saturated carbocycles. The predicted octanol–water partition coefficient (Wildman–Crippen LogP) is 2.86. The summed E-state index contributed by atoms with van der Waals surface area (Å²) in [6.45, 7) is 6.10. The van der Waals surface area contributed by atoms with Crippen molar-refractivity contribution in [3.63, 3.8) is 0 Å². The predicted molar refractivity (Wildman–Crippen MR) is 63.0 cm³/mol. The smallest absolute Gasteiger partial charge is 0.199 e. The molecule has 0 radical (unpaired) electrons. The highest BCUT2D eigenvalue weighted by Gasteiger charge is 2.08. The van der Waals surface area contributed by atoms with E-state index >= 15 is 0 Å². The van der Waals surface area contributed by atoms with Gasteiger partial charge < -0.3 is 0 Å². The van der Waals surface area contributed by atoms with Crippen LogP contribution in [0.25, 0.3) is 5.69 Å². The molecule has 1 N–H and O–H groups in total. The van der Waals surface area contributed by atoms with E-state index in [1.165, 1.54) is 11.1 Å². The molecule has 0 unspecified atom stereocenters. The molecule has 0 aliphatic heterocycles. The number of benzene rings is 1. The maximum Gasteiger partial charge on any atom is 0.199 e. The van der Waals surface area contributed by atoms with Gasteiger partial charge in [-0.05, 0) is 44.1 Å². The second-order valence-corrected chi connectivity index (χ2v) is 4.04. The largest absolute Gasteiger partial charge is 0.272 e. The van der Waals surface area contributed by atoms with Crippen molar-refractivity contribution in [2.75, 3.05) is 0 Å². The summed E-state index contributed by atoms with van der Waals surface area (Å²) < 4.78 is 2.62. The van der Waals surface area contributed by atoms with Gasteiger partial charge in [0.05, 0.1) is 5.69 Å². The lowest BCUT2D eigenvalue weighted by atomic mass is 10.1. The van der Waals surface area contributed by atoms with Gasteiger partial charge >= 0.3 is 0 Å². The quantitative estimate of drug-likeness (QED) is 0.748. The van der Waals surface area contributed by atoms with E-state index in [-0.39, 0.29) is 0 Å². The van der Waals surface area contributed by atoms with E-state index in [2.05, 4.69) is 36.2 Å². The van der Waals surface area contributed by atoms with E-state index in [4.69, 9.17) is 12.2 Å². The average Bonchev–Trinajstić information content (AvgIpc) is 2.49. The summed E-state index contributed by atoms with van der Waals surface area (Å²) in [6.07, 6.45) is 0. The van der Waals surface area contributed by atoms with E-state index in [0.29, 0.717) is 4.77 Å². The fourth-order valence-corrected chi connectivity index (χ4v) is 2.07. The van der Waals surface area contributed by atoms with Crippen molar-refractivity contribution in [2.45, 2.75) is 20.8 Å². The highest BCUT2D eigenvalue weighted by molar-refractivity contribution is 7.71. The Morgan fingerprint density at radius 1 is 1.20 bits per heavy atom. The van der Waals surface area contributed by atoms with Crippen LogP contribution in [0.2, 0.25) is 0 Å². The van der Waals surface area contributed by atoms with Crippen molar-refractivity contribution in [1.29, 1.82) is 0 Å². The molecule has 2 rings (SSSR count). The molecule has 0 bridgehead atoms. The SMILES string of the molecule is Cc1cccc(C)c1-n1c(C)n[nH]c1=S. The molecule has 0 saturated heterocycles. The van der Waals surface area contributed by atoms with Gasteiger partial charge in [0.25, 0.3) is 0 Å². The zero-order valence-electron chi connectivity index (χ0n) is 9.03. The van der Waals surface area contributed by atoms with Crippen LogP contribution in [-0.2, 0) is 0 Å². The van der Waals surface area contributed by atoms with E-state index in [0.717, 1.165) is 11.5 Å². The lowest BCUT2D eigenvalue weighted by Gasteiger charge is -2.11. The van der Waals surface area contributed by atoms with Gasteiger partial charge in [-0.15, -0.1) is 0 Å². The first-order valence-corrected chi connectivity index (χ1v) is 5.22. The van der Waals surface area contributed by atoms with Gasteiger partial charge in [0.15, 0.2) is 4.77 Å². The average molecular weight is 219 g/mol. The standard InChI is InChI=1S/C11H13N3S/c1-7-5-4-6-8(2)10(7)14-9(3)12-13-11(14)15/h4-6H,1-3H3,(H,13,15). The Labute approximate surface area is 93.8 Å². The molecule has 1 aromatic carbocycles. The molecule has 15 heavy (non-hydrogen) atoms. The molecule has 0 atom stereocenters. The van der Waals surface area contributed by atoms with Crippen molar-refractivity contribution >= 4 is 12.2 Å². The summed E-state index contributed by atoms with van der Waals surface area (Å²) in [7, 11) is 0. The van der Waals surface area contributed by atoms with Gasteiger partial charge in [0.1, 0.15) is 5.82 Å². The van der Waals surface area contributed by atoms with Gasteiger partial charge in [-0.2, -0.15) is 5.10 Å². The Morgan fingerprint density at radius 3 is 2.27 bits per heavy atom. The van der Waals surface area contributed by atoms with E-state index in [9.17, 15) is 0 Å². The number of para-hydroxylation sites is 1. The molecule has 0 aliphatic rings. The number of hydrogen-bond donors (Lipinski definition) is 1. The lowest BCUT2D eigenvalue weighted by Crippen LogP contribution is -2.02. The van der Waals surface area contributed by atoms with Crippen molar-refractivity contribution in [1.82, 2.24) is 14.8 Å². The van der Waals surface area contributed by atoms with Crippen LogP contribution in [0.5, 0.6) is 0 Å². The molecule has 0 fully saturated rings. The number of aryl methyl sites for hydroxylation is 3. The van der Waals surface area contributed by atoms with E-state index in [1.54, 1.807) is 0 Å². The second-order valence-electron chi connectivity index (χ2n) is 3.65. The summed E-state index contributed by atoms with van der Waals surface area (Å²) in [5.74, 6) is 0.886. The molecular formula is C11H13N3S. The number of hydrogen-bond acceptors (Lipinski definition) is 2. The Kier molecular flexibility index (Phi) is 2.44. The molecule has 1 aromatic heterocycles. The molecule has 4 heteroatoms. The van der Waals surface area contributed by atoms with Crippen LogP contribution >= 0.6 is 12.2 Å². The van der Waals surface area contributed by atoms with Crippen LogP contribution in [0.1, 0.15) is 17.0 Å². The topological polar surface area (TPSA) is 33.6 Å². The summed E-state index contributed by atoms with van der Waals surface area (Å²) in [5.41, 5.74) is 3.54. The third-order valence-electron chi connectivity index (χ3n) is 2.50. The van der Waals surface area contributed by atoms with Crippen LogP contribution in [0.4, 0.5) is 0 Å². The number of nitrogens with one attached hydrogen (secondary N) is 1. The monoisotopic (exact) mass is 219 g/mol. The number of aromatic amines is 1. The van der Waals surface area contributed by atoms with Gasteiger partial charge in [-0.25, -0.2) is 0 Å². The summed E-state index contributed by atoms with van der Waals surface area (Å²) in [4.78, 5) is 0. The minimum Gasteiger partial charge on any atom is -0.272 e. The van der Waals surface area contributed by atoms with Gasteiger partial charge in [-0.1, -0.05) is 18.2 Å². The number of rotatable bonds is 1. The van der Waals surface area contributed by atoms with Crippen LogP contribution < -0.4 is 0 Å². The molecular weight excluding hydrogens is 206 g/mol. The molecule has 0 amide bonds. The van der Waals surface area contributed by atoms with E-state index < -0.39 is 0 Å². The zero-order valence-corrected chi connectivity index (χ0v) is 9.85. The number of nitrogens with zero attached hydrogens (tertiary/aromatic N) is 2. The van der Waals surface area contributed by atoms with Gasteiger partial charge in [-0.3, -0.25) is 9.67 Å². The van der Waals surface area contributed by atoms with Crippen molar-refractivity contribution in [3.8, 4) is 5.69 Å². The Bertz CT molecular complexity index is 531. The molecule has 78 valence electrons. The molecule has 3 nitrogen and oxygen atoms in total. The zero-order chi connectivity index (χ0) is 11.0. The molecule has 2 aromatic rings. The maximum atomic E-state index is 5.22. The second kappa shape index (κ2) is 3.62. The molecule has 0 aliphatic carbocycles. The Hall–Kier alpha value is -1.42. The first-order chi connectivity index (χ1) is 7.11. The van der Waals surface area contributed by atoms with Crippen molar-refractivity contribution in [2.24, 2.45) is 0 Å². The number of H-pyrrole nitrogens is 1. The Balaban J connectivity index is 2.80. The Morgan fingerprint density at radius 2 is 1.80 bits per heavy atom. The first kappa shape index (κ1) is 10.1. The van der Waals surface area contributed by atoms with E-state index in [1.807, 2.05) is 17.6 Å². The third-order valence-corrected chi connectivity index (χ3v) is 2.78. The molecule has 0 spiro atoms. The maximum absolute atomic E-state index is 5.22. The minimum absolute atomic E-state index is 0.643. The minimum atomic E-state index is 0.643. The van der Waals surface area contributed by atoms with Gasteiger partial charge in [0, 0.05) is 0 Å². The van der Waals surface area contributed by atoms with Crippen LogP contribution in [0, 0.1) is 25.5 Å². The van der Waals surface area contributed by atoms with Crippen molar-refractivity contribution < 1.29 is 0 Å².